The molecular weight excluding hydrogens is 172 g/mol. The van der Waals surface area contributed by atoms with Gasteiger partial charge in [0.25, 0.3) is 0 Å². The van der Waals surface area contributed by atoms with Gasteiger partial charge in [-0.3, -0.25) is 0 Å². The van der Waals surface area contributed by atoms with Gasteiger partial charge in [-0.2, -0.15) is 0 Å². The van der Waals surface area contributed by atoms with Crippen molar-refractivity contribution in [1.29, 1.82) is 0 Å². The minimum atomic E-state index is 0.611. The first-order valence-corrected chi connectivity index (χ1v) is 6.04. The van der Waals surface area contributed by atoms with Crippen molar-refractivity contribution in [2.75, 3.05) is 26.2 Å². The van der Waals surface area contributed by atoms with E-state index in [2.05, 4.69) is 25.7 Å². The molecule has 0 aliphatic heterocycles. The minimum Gasteiger partial charge on any atom is -0.330 e. The highest BCUT2D eigenvalue weighted by Crippen LogP contribution is 2.49. The van der Waals surface area contributed by atoms with E-state index in [1.165, 1.54) is 38.9 Å². The Morgan fingerprint density at radius 3 is 2.36 bits per heavy atom. The maximum absolute atomic E-state index is 5.65. The van der Waals surface area contributed by atoms with Crippen LogP contribution in [0.5, 0.6) is 0 Å². The molecule has 0 atom stereocenters. The molecule has 1 rings (SSSR count). The average Bonchev–Trinajstić information content (AvgIpc) is 2.84. The topological polar surface area (TPSA) is 29.3 Å². The number of nitrogens with zero attached hydrogens (tertiary/aromatic N) is 1. The zero-order valence-corrected chi connectivity index (χ0v) is 10.1. The minimum absolute atomic E-state index is 0.611. The molecule has 1 saturated carbocycles. The van der Waals surface area contributed by atoms with Crippen LogP contribution >= 0.6 is 0 Å². The van der Waals surface area contributed by atoms with Crippen molar-refractivity contribution >= 4 is 0 Å². The summed E-state index contributed by atoms with van der Waals surface area (Å²) in [6.07, 6.45) is 4.03. The molecule has 0 aromatic carbocycles. The van der Waals surface area contributed by atoms with E-state index < -0.39 is 0 Å². The highest BCUT2D eigenvalue weighted by Gasteiger charge is 2.42. The number of hydrogen-bond donors (Lipinski definition) is 1. The smallest absolute Gasteiger partial charge is 0.00384 e. The highest BCUT2D eigenvalue weighted by atomic mass is 15.1. The highest BCUT2D eigenvalue weighted by molar-refractivity contribution is 4.95. The van der Waals surface area contributed by atoms with Gasteiger partial charge in [0.2, 0.25) is 0 Å². The van der Waals surface area contributed by atoms with Crippen molar-refractivity contribution in [1.82, 2.24) is 4.90 Å². The third-order valence-corrected chi connectivity index (χ3v) is 3.26. The van der Waals surface area contributed by atoms with Gasteiger partial charge in [-0.05, 0) is 43.7 Å². The lowest BCUT2D eigenvalue weighted by Gasteiger charge is -2.27. The van der Waals surface area contributed by atoms with Gasteiger partial charge in [-0.25, -0.2) is 0 Å². The van der Waals surface area contributed by atoms with Crippen LogP contribution in [0.15, 0.2) is 0 Å². The second kappa shape index (κ2) is 5.13. The SMILES string of the molecule is CCN(CC(C)C)CC1(CCN)CC1. The van der Waals surface area contributed by atoms with Gasteiger partial charge < -0.3 is 10.6 Å². The summed E-state index contributed by atoms with van der Waals surface area (Å²) < 4.78 is 0. The number of nitrogens with two attached hydrogens (primary N) is 1. The molecule has 1 aliphatic carbocycles. The summed E-state index contributed by atoms with van der Waals surface area (Å²) in [6, 6.07) is 0. The van der Waals surface area contributed by atoms with Crippen molar-refractivity contribution in [3.8, 4) is 0 Å². The Morgan fingerprint density at radius 1 is 1.36 bits per heavy atom. The third kappa shape index (κ3) is 3.58. The zero-order chi connectivity index (χ0) is 10.6. The van der Waals surface area contributed by atoms with Crippen molar-refractivity contribution in [2.24, 2.45) is 17.1 Å². The summed E-state index contributed by atoms with van der Waals surface area (Å²) in [5.74, 6) is 0.781. The molecule has 0 bridgehead atoms. The molecule has 2 nitrogen and oxygen atoms in total. The van der Waals surface area contributed by atoms with Gasteiger partial charge in [-0.15, -0.1) is 0 Å². The van der Waals surface area contributed by atoms with Gasteiger partial charge in [-0.1, -0.05) is 20.8 Å². The van der Waals surface area contributed by atoms with Crippen LogP contribution in [0.3, 0.4) is 0 Å². The summed E-state index contributed by atoms with van der Waals surface area (Å²) in [6.45, 7) is 11.4. The molecule has 0 spiro atoms. The zero-order valence-electron chi connectivity index (χ0n) is 10.1. The lowest BCUT2D eigenvalue weighted by Crippen LogP contribution is -2.34. The normalized spacial score (nSPS) is 19.3. The Bertz CT molecular complexity index is 162. The molecule has 2 heteroatoms. The van der Waals surface area contributed by atoms with Crippen LogP contribution in [0.2, 0.25) is 0 Å². The van der Waals surface area contributed by atoms with Gasteiger partial charge in [0.15, 0.2) is 0 Å². The predicted molar refractivity (Wildman–Crippen MR) is 62.3 cm³/mol. The van der Waals surface area contributed by atoms with E-state index in [9.17, 15) is 0 Å². The van der Waals surface area contributed by atoms with E-state index in [1.54, 1.807) is 0 Å². The molecule has 0 aromatic rings. The Balaban J connectivity index is 2.32. The van der Waals surface area contributed by atoms with Crippen molar-refractivity contribution < 1.29 is 0 Å². The van der Waals surface area contributed by atoms with Gasteiger partial charge in [0.1, 0.15) is 0 Å². The molecule has 1 fully saturated rings. The summed E-state index contributed by atoms with van der Waals surface area (Å²) in [5.41, 5.74) is 6.27. The maximum atomic E-state index is 5.65. The number of hydrogen-bond acceptors (Lipinski definition) is 2. The molecule has 1 aliphatic rings. The first-order chi connectivity index (χ1) is 6.62. The second-order valence-corrected chi connectivity index (χ2v) is 5.26. The quantitative estimate of drug-likeness (QED) is 0.679. The molecule has 0 heterocycles. The molecule has 0 aromatic heterocycles. The average molecular weight is 198 g/mol. The molecule has 84 valence electrons. The van der Waals surface area contributed by atoms with Crippen LogP contribution in [-0.4, -0.2) is 31.1 Å². The van der Waals surface area contributed by atoms with Crippen molar-refractivity contribution in [3.63, 3.8) is 0 Å². The first-order valence-electron chi connectivity index (χ1n) is 6.04. The van der Waals surface area contributed by atoms with Crippen LogP contribution < -0.4 is 5.73 Å². The summed E-state index contributed by atoms with van der Waals surface area (Å²) in [4.78, 5) is 2.59. The monoisotopic (exact) mass is 198 g/mol. The Hall–Kier alpha value is -0.0800. The van der Waals surface area contributed by atoms with Crippen LogP contribution in [-0.2, 0) is 0 Å². The first kappa shape index (κ1) is 12.0. The van der Waals surface area contributed by atoms with E-state index in [0.29, 0.717) is 5.41 Å². The summed E-state index contributed by atoms with van der Waals surface area (Å²) in [5, 5.41) is 0. The standard InChI is InChI=1S/C12H26N2/c1-4-14(9-11(2)3)10-12(5-6-12)7-8-13/h11H,4-10,13H2,1-3H3. The molecule has 2 N–H and O–H groups in total. The van der Waals surface area contributed by atoms with Crippen molar-refractivity contribution in [2.45, 2.75) is 40.0 Å². The van der Waals surface area contributed by atoms with Crippen molar-refractivity contribution in [3.05, 3.63) is 0 Å². The van der Waals surface area contributed by atoms with E-state index >= 15 is 0 Å². The molecular formula is C12H26N2. The fraction of sp³-hybridized carbons (Fsp3) is 1.00. The van der Waals surface area contributed by atoms with E-state index in [0.717, 1.165) is 12.5 Å². The third-order valence-electron chi connectivity index (χ3n) is 3.26. The fourth-order valence-electron chi connectivity index (χ4n) is 2.27. The van der Waals surface area contributed by atoms with Gasteiger partial charge in [0, 0.05) is 13.1 Å². The summed E-state index contributed by atoms with van der Waals surface area (Å²) >= 11 is 0. The molecule has 0 unspecified atom stereocenters. The lowest BCUT2D eigenvalue weighted by molar-refractivity contribution is 0.202. The van der Waals surface area contributed by atoms with E-state index in [1.807, 2.05) is 0 Å². The second-order valence-electron chi connectivity index (χ2n) is 5.26. The van der Waals surface area contributed by atoms with Crippen LogP contribution in [0.25, 0.3) is 0 Å². The molecule has 0 radical (unpaired) electrons. The van der Waals surface area contributed by atoms with Gasteiger partial charge >= 0.3 is 0 Å². The van der Waals surface area contributed by atoms with Crippen LogP contribution in [0, 0.1) is 11.3 Å². The van der Waals surface area contributed by atoms with E-state index in [4.69, 9.17) is 5.73 Å². The Labute approximate surface area is 88.8 Å². The molecule has 0 amide bonds. The molecule has 0 saturated heterocycles. The Morgan fingerprint density at radius 2 is 2.00 bits per heavy atom. The maximum Gasteiger partial charge on any atom is 0.00384 e. The lowest BCUT2D eigenvalue weighted by atomic mass is 10.0. The van der Waals surface area contributed by atoms with E-state index in [-0.39, 0.29) is 0 Å². The molecule has 14 heavy (non-hydrogen) atoms. The summed E-state index contributed by atoms with van der Waals surface area (Å²) in [7, 11) is 0. The fourth-order valence-corrected chi connectivity index (χ4v) is 2.27. The van der Waals surface area contributed by atoms with Gasteiger partial charge in [0.05, 0.1) is 0 Å². The Kier molecular flexibility index (Phi) is 4.39. The predicted octanol–water partition coefficient (Wildman–Crippen LogP) is 2.09. The van der Waals surface area contributed by atoms with Crippen LogP contribution in [0.4, 0.5) is 0 Å². The largest absolute Gasteiger partial charge is 0.330 e. The number of rotatable bonds is 7. The van der Waals surface area contributed by atoms with Crippen LogP contribution in [0.1, 0.15) is 40.0 Å².